The van der Waals surface area contributed by atoms with Crippen LogP contribution in [-0.4, -0.2) is 36.0 Å². The fourth-order valence-electron chi connectivity index (χ4n) is 3.14. The first-order valence-electron chi connectivity index (χ1n) is 11.0. The topological polar surface area (TPSA) is 105 Å². The van der Waals surface area contributed by atoms with Crippen molar-refractivity contribution >= 4 is 17.8 Å². The monoisotopic (exact) mass is 440 g/mol. The second kappa shape index (κ2) is 14.6. The SMILES string of the molecule is O=C(CCCNC(=O)CCCCCNC(=O)OCc1ccccc1)Cc1cccc(O)c1. The normalized spacial score (nSPS) is 10.4. The number of unbranched alkanes of at least 4 members (excludes halogenated alkanes) is 2. The van der Waals surface area contributed by atoms with E-state index in [4.69, 9.17) is 4.74 Å². The van der Waals surface area contributed by atoms with Crippen molar-refractivity contribution in [1.29, 1.82) is 0 Å². The van der Waals surface area contributed by atoms with E-state index in [1.54, 1.807) is 18.2 Å². The van der Waals surface area contributed by atoms with Gasteiger partial charge in [-0.2, -0.15) is 0 Å². The molecular formula is C25H32N2O5. The van der Waals surface area contributed by atoms with Gasteiger partial charge in [0.2, 0.25) is 5.91 Å². The molecule has 2 aromatic carbocycles. The molecule has 0 heterocycles. The lowest BCUT2D eigenvalue weighted by molar-refractivity contribution is -0.122. The Labute approximate surface area is 189 Å². The molecule has 0 aliphatic rings. The number of alkyl carbamates (subject to hydrolysis) is 1. The van der Waals surface area contributed by atoms with Crippen LogP contribution in [0.5, 0.6) is 5.75 Å². The highest BCUT2D eigenvalue weighted by Gasteiger charge is 2.06. The van der Waals surface area contributed by atoms with Gasteiger partial charge in [-0.05, 0) is 42.5 Å². The maximum Gasteiger partial charge on any atom is 0.407 e. The summed E-state index contributed by atoms with van der Waals surface area (Å²) in [6, 6.07) is 16.2. The van der Waals surface area contributed by atoms with E-state index >= 15 is 0 Å². The van der Waals surface area contributed by atoms with Crippen LogP contribution in [0.15, 0.2) is 54.6 Å². The average molecular weight is 441 g/mol. The molecule has 7 nitrogen and oxygen atoms in total. The summed E-state index contributed by atoms with van der Waals surface area (Å²) < 4.78 is 5.13. The molecule has 0 aliphatic carbocycles. The number of amides is 2. The highest BCUT2D eigenvalue weighted by molar-refractivity contribution is 5.81. The number of hydrogen-bond acceptors (Lipinski definition) is 5. The summed E-state index contributed by atoms with van der Waals surface area (Å²) in [7, 11) is 0. The molecule has 0 bridgehead atoms. The number of hydrogen-bond donors (Lipinski definition) is 3. The summed E-state index contributed by atoms with van der Waals surface area (Å²) >= 11 is 0. The summed E-state index contributed by atoms with van der Waals surface area (Å²) in [5.74, 6) is 0.210. The third kappa shape index (κ3) is 11.2. The number of rotatable bonds is 14. The molecule has 0 saturated heterocycles. The number of phenols is 1. The number of carbonyl (C=O) groups excluding carboxylic acids is 3. The van der Waals surface area contributed by atoms with Gasteiger partial charge in [0.05, 0.1) is 0 Å². The third-order valence-electron chi connectivity index (χ3n) is 4.83. The van der Waals surface area contributed by atoms with Gasteiger partial charge >= 0.3 is 6.09 Å². The number of carbonyl (C=O) groups is 3. The predicted octanol–water partition coefficient (Wildman–Crippen LogP) is 3.89. The molecule has 3 N–H and O–H groups in total. The van der Waals surface area contributed by atoms with Crippen LogP contribution in [0.4, 0.5) is 4.79 Å². The van der Waals surface area contributed by atoms with E-state index < -0.39 is 6.09 Å². The summed E-state index contributed by atoms with van der Waals surface area (Å²) in [6.07, 6.45) is 3.60. The summed E-state index contributed by atoms with van der Waals surface area (Å²) in [6.45, 7) is 1.23. The molecule has 0 atom stereocenters. The summed E-state index contributed by atoms with van der Waals surface area (Å²) in [5.41, 5.74) is 1.73. The van der Waals surface area contributed by atoms with E-state index in [0.29, 0.717) is 32.4 Å². The van der Waals surface area contributed by atoms with Crippen LogP contribution >= 0.6 is 0 Å². The van der Waals surface area contributed by atoms with Gasteiger partial charge in [-0.15, -0.1) is 0 Å². The highest BCUT2D eigenvalue weighted by atomic mass is 16.5. The van der Waals surface area contributed by atoms with Crippen LogP contribution < -0.4 is 10.6 Å². The Bertz CT molecular complexity index is 854. The number of ketones is 1. The maximum atomic E-state index is 12.0. The van der Waals surface area contributed by atoms with Gasteiger partial charge < -0.3 is 20.5 Å². The minimum absolute atomic E-state index is 0.0272. The molecule has 0 aromatic heterocycles. The fourth-order valence-corrected chi connectivity index (χ4v) is 3.14. The molecule has 0 aliphatic heterocycles. The van der Waals surface area contributed by atoms with Crippen LogP contribution in [0.3, 0.4) is 0 Å². The van der Waals surface area contributed by atoms with E-state index in [9.17, 15) is 19.5 Å². The first kappa shape index (κ1) is 24.9. The van der Waals surface area contributed by atoms with E-state index in [2.05, 4.69) is 10.6 Å². The van der Waals surface area contributed by atoms with Crippen molar-refractivity contribution in [2.24, 2.45) is 0 Å². The van der Waals surface area contributed by atoms with E-state index in [-0.39, 0.29) is 30.5 Å². The number of benzene rings is 2. The third-order valence-corrected chi connectivity index (χ3v) is 4.83. The molecule has 2 aromatic rings. The van der Waals surface area contributed by atoms with Gasteiger partial charge in [0, 0.05) is 32.4 Å². The molecule has 172 valence electrons. The molecule has 0 fully saturated rings. The Kier molecular flexibility index (Phi) is 11.4. The van der Waals surface area contributed by atoms with Crippen molar-refractivity contribution in [3.63, 3.8) is 0 Å². The number of aromatic hydroxyl groups is 1. The molecule has 0 radical (unpaired) electrons. The standard InChI is InChI=1S/C25H32N2O5/c28-22-12-7-11-21(17-22)18-23(29)13-8-16-26-24(30)14-5-2-6-15-27-25(31)32-19-20-9-3-1-4-10-20/h1,3-4,7,9-12,17,28H,2,5-6,8,13-16,18-19H2,(H,26,30)(H,27,31). The van der Waals surface area contributed by atoms with Gasteiger partial charge in [-0.25, -0.2) is 4.79 Å². The Morgan fingerprint density at radius 3 is 2.31 bits per heavy atom. The van der Waals surface area contributed by atoms with Gasteiger partial charge in [0.1, 0.15) is 18.1 Å². The average Bonchev–Trinajstić information content (AvgIpc) is 2.78. The second-order valence-electron chi connectivity index (χ2n) is 7.64. The van der Waals surface area contributed by atoms with Gasteiger partial charge in [0.15, 0.2) is 0 Å². The van der Waals surface area contributed by atoms with Crippen molar-refractivity contribution in [3.05, 3.63) is 65.7 Å². The zero-order chi connectivity index (χ0) is 23.0. The zero-order valence-electron chi connectivity index (χ0n) is 18.3. The zero-order valence-corrected chi connectivity index (χ0v) is 18.3. The minimum atomic E-state index is -0.440. The molecule has 0 unspecified atom stereocenters. The number of ether oxygens (including phenoxy) is 1. The quantitative estimate of drug-likeness (QED) is 0.387. The van der Waals surface area contributed by atoms with Crippen molar-refractivity contribution < 1.29 is 24.2 Å². The molecule has 7 heteroatoms. The van der Waals surface area contributed by atoms with Crippen LogP contribution in [0.2, 0.25) is 0 Å². The molecule has 2 rings (SSSR count). The fraction of sp³-hybridized carbons (Fsp3) is 0.400. The molecule has 32 heavy (non-hydrogen) atoms. The Balaban J connectivity index is 1.41. The van der Waals surface area contributed by atoms with E-state index in [1.165, 1.54) is 0 Å². The van der Waals surface area contributed by atoms with Gasteiger partial charge in [-0.1, -0.05) is 48.9 Å². The Morgan fingerprint density at radius 1 is 0.781 bits per heavy atom. The van der Waals surface area contributed by atoms with Crippen molar-refractivity contribution in [2.75, 3.05) is 13.1 Å². The van der Waals surface area contributed by atoms with Gasteiger partial charge in [-0.3, -0.25) is 9.59 Å². The van der Waals surface area contributed by atoms with Crippen LogP contribution in [0.25, 0.3) is 0 Å². The highest BCUT2D eigenvalue weighted by Crippen LogP contribution is 2.12. The molecular weight excluding hydrogens is 408 g/mol. The van der Waals surface area contributed by atoms with E-state index in [1.807, 2.05) is 36.4 Å². The maximum absolute atomic E-state index is 12.0. The van der Waals surface area contributed by atoms with E-state index in [0.717, 1.165) is 30.4 Å². The minimum Gasteiger partial charge on any atom is -0.508 e. The Hall–Kier alpha value is -3.35. The number of Topliss-reactive ketones (excluding diaryl/α,β-unsaturated/α-hetero) is 1. The second-order valence-corrected chi connectivity index (χ2v) is 7.64. The van der Waals surface area contributed by atoms with Crippen molar-refractivity contribution in [1.82, 2.24) is 10.6 Å². The molecule has 2 amide bonds. The van der Waals surface area contributed by atoms with Crippen LogP contribution in [0, 0.1) is 0 Å². The number of nitrogens with one attached hydrogen (secondary N) is 2. The van der Waals surface area contributed by atoms with Crippen molar-refractivity contribution in [3.8, 4) is 5.75 Å². The lowest BCUT2D eigenvalue weighted by Crippen LogP contribution is -2.26. The molecule has 0 saturated carbocycles. The lowest BCUT2D eigenvalue weighted by atomic mass is 10.1. The summed E-state index contributed by atoms with van der Waals surface area (Å²) in [5, 5.41) is 15.0. The summed E-state index contributed by atoms with van der Waals surface area (Å²) in [4.78, 5) is 35.5. The van der Waals surface area contributed by atoms with Gasteiger partial charge in [0.25, 0.3) is 0 Å². The Morgan fingerprint density at radius 2 is 1.53 bits per heavy atom. The van der Waals surface area contributed by atoms with Crippen LogP contribution in [-0.2, 0) is 27.4 Å². The smallest absolute Gasteiger partial charge is 0.407 e. The molecule has 0 spiro atoms. The van der Waals surface area contributed by atoms with Crippen LogP contribution in [0.1, 0.15) is 49.7 Å². The van der Waals surface area contributed by atoms with Crippen molar-refractivity contribution in [2.45, 2.75) is 51.6 Å². The first-order chi connectivity index (χ1) is 15.5. The lowest BCUT2D eigenvalue weighted by Gasteiger charge is -2.07. The first-order valence-corrected chi connectivity index (χ1v) is 11.0. The largest absolute Gasteiger partial charge is 0.508 e. The number of phenolic OH excluding ortho intramolecular Hbond substituents is 1. The predicted molar refractivity (Wildman–Crippen MR) is 122 cm³/mol.